The molecule has 1 N–H and O–H groups in total. The van der Waals surface area contributed by atoms with Gasteiger partial charge in [0.1, 0.15) is 0 Å². The lowest BCUT2D eigenvalue weighted by Gasteiger charge is -2.11. The average Bonchev–Trinajstić information content (AvgIpc) is 3.26. The lowest BCUT2D eigenvalue weighted by Crippen LogP contribution is -2.15. The number of carbonyl (C=O) groups is 1. The van der Waals surface area contributed by atoms with Crippen molar-refractivity contribution in [3.8, 4) is 11.4 Å². The lowest BCUT2D eigenvalue weighted by molar-refractivity contribution is -0.113. The molecule has 4 aromatic rings. The molecule has 2 aromatic heterocycles. The Morgan fingerprint density at radius 3 is 2.41 bits per heavy atom. The molecule has 1 amide bonds. The third-order valence-corrected chi connectivity index (χ3v) is 6.07. The van der Waals surface area contributed by atoms with Crippen LogP contribution in [0.3, 0.4) is 0 Å². The molecule has 0 saturated carbocycles. The SMILES string of the molecule is CCc1ccc(NC(=O)CSc2nnc(-c3ccncc3)n2CCc2ccccc2)cc1. The van der Waals surface area contributed by atoms with E-state index in [-0.39, 0.29) is 11.7 Å². The molecule has 6 nitrogen and oxygen atoms in total. The highest BCUT2D eigenvalue weighted by Crippen LogP contribution is 2.24. The second-order valence-electron chi connectivity index (χ2n) is 7.32. The Morgan fingerprint density at radius 2 is 1.69 bits per heavy atom. The van der Waals surface area contributed by atoms with E-state index < -0.39 is 0 Å². The normalized spacial score (nSPS) is 10.8. The Bertz CT molecular complexity index is 1140. The summed E-state index contributed by atoms with van der Waals surface area (Å²) in [4.78, 5) is 16.6. The highest BCUT2D eigenvalue weighted by atomic mass is 32.2. The molecule has 0 unspecified atom stereocenters. The van der Waals surface area contributed by atoms with Gasteiger partial charge in [0, 0.05) is 30.2 Å². The number of benzene rings is 2. The molecule has 0 radical (unpaired) electrons. The van der Waals surface area contributed by atoms with Crippen LogP contribution in [0.5, 0.6) is 0 Å². The van der Waals surface area contributed by atoms with Crippen LogP contribution in [0.25, 0.3) is 11.4 Å². The van der Waals surface area contributed by atoms with Gasteiger partial charge in [-0.05, 0) is 48.2 Å². The Labute approximate surface area is 192 Å². The molecular formula is C25H25N5OS. The number of anilines is 1. The molecule has 4 rings (SSSR count). The number of thioether (sulfide) groups is 1. The van der Waals surface area contributed by atoms with Crippen LogP contribution < -0.4 is 5.32 Å². The maximum absolute atomic E-state index is 12.5. The Balaban J connectivity index is 1.47. The highest BCUT2D eigenvalue weighted by Gasteiger charge is 2.16. The van der Waals surface area contributed by atoms with Crippen molar-refractivity contribution in [2.24, 2.45) is 0 Å². The fourth-order valence-electron chi connectivity index (χ4n) is 3.35. The predicted molar refractivity (Wildman–Crippen MR) is 129 cm³/mol. The fourth-order valence-corrected chi connectivity index (χ4v) is 4.11. The van der Waals surface area contributed by atoms with E-state index in [0.29, 0.717) is 0 Å². The number of amides is 1. The highest BCUT2D eigenvalue weighted by molar-refractivity contribution is 7.99. The summed E-state index contributed by atoms with van der Waals surface area (Å²) < 4.78 is 2.08. The Morgan fingerprint density at radius 1 is 0.938 bits per heavy atom. The van der Waals surface area contributed by atoms with Crippen molar-refractivity contribution < 1.29 is 4.79 Å². The molecule has 0 atom stereocenters. The molecule has 0 fully saturated rings. The van der Waals surface area contributed by atoms with Crippen molar-refractivity contribution in [2.75, 3.05) is 11.1 Å². The fraction of sp³-hybridized carbons (Fsp3) is 0.200. The minimum absolute atomic E-state index is 0.0673. The standard InChI is InChI=1S/C25H25N5OS/c1-2-19-8-10-22(11-9-19)27-23(31)18-32-25-29-28-24(21-12-15-26-16-13-21)30(25)17-14-20-6-4-3-5-7-20/h3-13,15-16H,2,14,17-18H2,1H3,(H,27,31). The van der Waals surface area contributed by atoms with Crippen LogP contribution >= 0.6 is 11.8 Å². The second kappa shape index (κ2) is 10.7. The quantitative estimate of drug-likeness (QED) is 0.374. The first-order valence-corrected chi connectivity index (χ1v) is 11.6. The van der Waals surface area contributed by atoms with Gasteiger partial charge in [-0.3, -0.25) is 9.78 Å². The third-order valence-electron chi connectivity index (χ3n) is 5.10. The van der Waals surface area contributed by atoms with Gasteiger partial charge in [-0.15, -0.1) is 10.2 Å². The first kappa shape index (κ1) is 21.8. The molecule has 32 heavy (non-hydrogen) atoms. The van der Waals surface area contributed by atoms with Crippen LogP contribution in [0.15, 0.2) is 84.3 Å². The zero-order chi connectivity index (χ0) is 22.2. The van der Waals surface area contributed by atoms with Gasteiger partial charge < -0.3 is 9.88 Å². The Kier molecular flexibility index (Phi) is 7.30. The van der Waals surface area contributed by atoms with Gasteiger partial charge in [0.05, 0.1) is 5.75 Å². The Hall–Kier alpha value is -3.45. The summed E-state index contributed by atoms with van der Waals surface area (Å²) in [5.41, 5.74) is 4.24. The number of nitrogens with one attached hydrogen (secondary N) is 1. The molecule has 7 heteroatoms. The summed E-state index contributed by atoms with van der Waals surface area (Å²) in [5.74, 6) is 0.971. The van der Waals surface area contributed by atoms with Gasteiger partial charge >= 0.3 is 0 Å². The zero-order valence-corrected chi connectivity index (χ0v) is 18.8. The number of hydrogen-bond donors (Lipinski definition) is 1. The summed E-state index contributed by atoms with van der Waals surface area (Å²) in [5, 5.41) is 12.5. The molecule has 0 aliphatic carbocycles. The summed E-state index contributed by atoms with van der Waals surface area (Å²) in [6, 6.07) is 22.1. The minimum atomic E-state index is -0.0673. The zero-order valence-electron chi connectivity index (χ0n) is 17.9. The largest absolute Gasteiger partial charge is 0.325 e. The van der Waals surface area contributed by atoms with Gasteiger partial charge in [-0.25, -0.2) is 0 Å². The molecule has 2 aromatic carbocycles. The molecule has 0 aliphatic heterocycles. The average molecular weight is 444 g/mol. The predicted octanol–water partition coefficient (Wildman–Crippen LogP) is 4.88. The van der Waals surface area contributed by atoms with Crippen LogP contribution in [-0.4, -0.2) is 31.4 Å². The van der Waals surface area contributed by atoms with Crippen molar-refractivity contribution in [3.63, 3.8) is 0 Å². The number of rotatable bonds is 9. The van der Waals surface area contributed by atoms with Crippen LogP contribution in [0.1, 0.15) is 18.1 Å². The monoisotopic (exact) mass is 443 g/mol. The number of pyridine rings is 1. The van der Waals surface area contributed by atoms with E-state index >= 15 is 0 Å². The second-order valence-corrected chi connectivity index (χ2v) is 8.26. The maximum Gasteiger partial charge on any atom is 0.234 e. The van der Waals surface area contributed by atoms with E-state index in [1.54, 1.807) is 12.4 Å². The minimum Gasteiger partial charge on any atom is -0.325 e. The third kappa shape index (κ3) is 5.62. The van der Waals surface area contributed by atoms with Gasteiger partial charge in [0.25, 0.3) is 0 Å². The van der Waals surface area contributed by atoms with E-state index in [2.05, 4.69) is 44.1 Å². The van der Waals surface area contributed by atoms with E-state index in [4.69, 9.17) is 0 Å². The number of aromatic nitrogens is 4. The van der Waals surface area contributed by atoms with E-state index in [9.17, 15) is 4.79 Å². The number of carbonyl (C=O) groups excluding carboxylic acids is 1. The molecule has 0 spiro atoms. The van der Waals surface area contributed by atoms with Crippen molar-refractivity contribution in [3.05, 3.63) is 90.3 Å². The molecule has 2 heterocycles. The molecular weight excluding hydrogens is 418 g/mol. The van der Waals surface area contributed by atoms with Crippen LogP contribution in [0, 0.1) is 0 Å². The van der Waals surface area contributed by atoms with Gasteiger partial charge in [-0.2, -0.15) is 0 Å². The van der Waals surface area contributed by atoms with Crippen molar-refractivity contribution >= 4 is 23.4 Å². The topological polar surface area (TPSA) is 72.7 Å². The molecule has 0 bridgehead atoms. The number of aryl methyl sites for hydroxylation is 2. The van der Waals surface area contributed by atoms with Gasteiger partial charge in [-0.1, -0.05) is 61.2 Å². The van der Waals surface area contributed by atoms with Gasteiger partial charge in [0.15, 0.2) is 11.0 Å². The summed E-state index contributed by atoms with van der Waals surface area (Å²) in [6.07, 6.45) is 5.31. The molecule has 162 valence electrons. The molecule has 0 saturated heterocycles. The van der Waals surface area contributed by atoms with E-state index in [1.807, 2.05) is 54.6 Å². The number of nitrogens with zero attached hydrogens (tertiary/aromatic N) is 4. The lowest BCUT2D eigenvalue weighted by atomic mass is 10.1. The van der Waals surface area contributed by atoms with Crippen molar-refractivity contribution in [2.45, 2.75) is 31.5 Å². The summed E-state index contributed by atoms with van der Waals surface area (Å²) >= 11 is 1.39. The first-order valence-electron chi connectivity index (χ1n) is 10.6. The van der Waals surface area contributed by atoms with Gasteiger partial charge in [0.2, 0.25) is 5.91 Å². The molecule has 0 aliphatic rings. The summed E-state index contributed by atoms with van der Waals surface area (Å²) in [6.45, 7) is 2.83. The maximum atomic E-state index is 12.5. The van der Waals surface area contributed by atoms with Crippen molar-refractivity contribution in [1.82, 2.24) is 19.7 Å². The van der Waals surface area contributed by atoms with Crippen molar-refractivity contribution in [1.29, 1.82) is 0 Å². The van der Waals surface area contributed by atoms with Crippen LogP contribution in [0.4, 0.5) is 5.69 Å². The number of hydrogen-bond acceptors (Lipinski definition) is 5. The van der Waals surface area contributed by atoms with E-state index in [0.717, 1.165) is 41.6 Å². The van der Waals surface area contributed by atoms with Crippen LogP contribution in [-0.2, 0) is 24.2 Å². The van der Waals surface area contributed by atoms with Crippen LogP contribution in [0.2, 0.25) is 0 Å². The van der Waals surface area contributed by atoms with E-state index in [1.165, 1.54) is 22.9 Å². The smallest absolute Gasteiger partial charge is 0.234 e. The summed E-state index contributed by atoms with van der Waals surface area (Å²) in [7, 11) is 0. The first-order chi connectivity index (χ1) is 15.7.